The van der Waals surface area contributed by atoms with Gasteiger partial charge in [-0.1, -0.05) is 59.6 Å². The highest BCUT2D eigenvalue weighted by atomic mass is 35.5. The Kier molecular flexibility index (Phi) is 8.45. The lowest BCUT2D eigenvalue weighted by Gasteiger charge is -2.10. The van der Waals surface area contributed by atoms with E-state index in [-0.39, 0.29) is 22.1 Å². The van der Waals surface area contributed by atoms with Crippen LogP contribution in [0.4, 0.5) is 18.3 Å². The second kappa shape index (κ2) is 12.2. The molecular formula is C30H18Cl2F3N5OS. The van der Waals surface area contributed by atoms with E-state index in [9.17, 15) is 23.2 Å². The van der Waals surface area contributed by atoms with Crippen molar-refractivity contribution in [3.63, 3.8) is 0 Å². The maximum absolute atomic E-state index is 13.2. The maximum atomic E-state index is 13.2. The second-order valence-corrected chi connectivity index (χ2v) is 10.9. The van der Waals surface area contributed by atoms with Crippen molar-refractivity contribution in [1.82, 2.24) is 14.8 Å². The van der Waals surface area contributed by atoms with Gasteiger partial charge in [0.25, 0.3) is 5.91 Å². The molecule has 12 heteroatoms. The fraction of sp³-hybridized carbons (Fsp3) is 0.0667. The molecule has 0 aliphatic carbocycles. The Balaban J connectivity index is 1.39. The number of nitrogens with one attached hydrogen (secondary N) is 1. The van der Waals surface area contributed by atoms with Gasteiger partial charge in [-0.05, 0) is 48.0 Å². The van der Waals surface area contributed by atoms with Gasteiger partial charge in [-0.2, -0.15) is 23.5 Å². The average molecular weight is 624 g/mol. The summed E-state index contributed by atoms with van der Waals surface area (Å²) < 4.78 is 41.3. The lowest BCUT2D eigenvalue weighted by atomic mass is 10.1. The van der Waals surface area contributed by atoms with Crippen LogP contribution in [0.2, 0.25) is 10.0 Å². The number of nitriles is 1. The van der Waals surface area contributed by atoms with E-state index in [1.807, 2.05) is 36.4 Å². The van der Waals surface area contributed by atoms with Gasteiger partial charge in [0.1, 0.15) is 11.6 Å². The van der Waals surface area contributed by atoms with Crippen LogP contribution in [0.5, 0.6) is 0 Å². The zero-order chi connectivity index (χ0) is 29.9. The Morgan fingerprint density at radius 3 is 2.50 bits per heavy atom. The van der Waals surface area contributed by atoms with E-state index in [0.29, 0.717) is 26.7 Å². The molecule has 0 aliphatic heterocycles. The van der Waals surface area contributed by atoms with Crippen LogP contribution in [-0.2, 0) is 17.4 Å². The molecule has 3 aromatic carbocycles. The van der Waals surface area contributed by atoms with Crippen LogP contribution in [-0.4, -0.2) is 20.7 Å². The molecule has 6 nitrogen and oxygen atoms in total. The summed E-state index contributed by atoms with van der Waals surface area (Å²) in [6, 6.07) is 22.0. The topological polar surface area (TPSA) is 83.6 Å². The van der Waals surface area contributed by atoms with Crippen LogP contribution in [0, 0.1) is 11.3 Å². The minimum atomic E-state index is -4.58. The van der Waals surface area contributed by atoms with Gasteiger partial charge in [-0.3, -0.25) is 10.1 Å². The number of anilines is 1. The van der Waals surface area contributed by atoms with E-state index in [0.717, 1.165) is 28.7 Å². The third kappa shape index (κ3) is 6.71. The number of carbonyl (C=O) groups is 1. The van der Waals surface area contributed by atoms with Crippen molar-refractivity contribution in [2.45, 2.75) is 12.6 Å². The first-order chi connectivity index (χ1) is 20.1. The molecule has 0 atom stereocenters. The molecular weight excluding hydrogens is 606 g/mol. The lowest BCUT2D eigenvalue weighted by molar-refractivity contribution is -0.137. The van der Waals surface area contributed by atoms with E-state index in [2.05, 4.69) is 15.4 Å². The summed E-state index contributed by atoms with van der Waals surface area (Å²) in [5, 5.41) is 17.5. The van der Waals surface area contributed by atoms with Crippen LogP contribution in [0.3, 0.4) is 0 Å². The molecule has 1 amide bonds. The fourth-order valence-corrected chi connectivity index (χ4v) is 5.25. The van der Waals surface area contributed by atoms with Crippen molar-refractivity contribution in [2.24, 2.45) is 0 Å². The predicted octanol–water partition coefficient (Wildman–Crippen LogP) is 8.46. The third-order valence-corrected chi connectivity index (χ3v) is 7.53. The summed E-state index contributed by atoms with van der Waals surface area (Å²) in [6.07, 6.45) is 0.183. The minimum absolute atomic E-state index is 0.151. The highest BCUT2D eigenvalue weighted by Crippen LogP contribution is 2.36. The van der Waals surface area contributed by atoms with Gasteiger partial charge < -0.3 is 0 Å². The summed E-state index contributed by atoms with van der Waals surface area (Å²) in [6.45, 7) is 0. The van der Waals surface area contributed by atoms with Gasteiger partial charge in [0.2, 0.25) is 0 Å². The second-order valence-electron chi connectivity index (χ2n) is 8.96. The minimum Gasteiger partial charge on any atom is -0.297 e. The number of hydrogen-bond acceptors (Lipinski definition) is 5. The number of thiazole rings is 1. The molecule has 42 heavy (non-hydrogen) atoms. The molecule has 0 fully saturated rings. The van der Waals surface area contributed by atoms with Gasteiger partial charge in [-0.25, -0.2) is 9.67 Å². The van der Waals surface area contributed by atoms with Crippen LogP contribution in [0.25, 0.3) is 23.0 Å². The highest BCUT2D eigenvalue weighted by molar-refractivity contribution is 7.15. The van der Waals surface area contributed by atoms with Crippen LogP contribution >= 0.6 is 34.5 Å². The van der Waals surface area contributed by atoms with Gasteiger partial charge in [0, 0.05) is 39.8 Å². The molecule has 210 valence electrons. The monoisotopic (exact) mass is 623 g/mol. The first-order valence-corrected chi connectivity index (χ1v) is 13.8. The molecule has 5 aromatic rings. The summed E-state index contributed by atoms with van der Waals surface area (Å²) in [7, 11) is 0. The Morgan fingerprint density at radius 2 is 1.81 bits per heavy atom. The molecule has 0 spiro atoms. The predicted molar refractivity (Wildman–Crippen MR) is 158 cm³/mol. The number of hydrogen-bond donors (Lipinski definition) is 1. The molecule has 0 bridgehead atoms. The molecule has 0 saturated heterocycles. The Bertz CT molecular complexity index is 1820. The van der Waals surface area contributed by atoms with Crippen LogP contribution in [0.1, 0.15) is 21.6 Å². The summed E-state index contributed by atoms with van der Waals surface area (Å²) in [5.41, 5.74) is 1.85. The van der Waals surface area contributed by atoms with E-state index in [1.165, 1.54) is 24.4 Å². The Labute approximate surface area is 252 Å². The van der Waals surface area contributed by atoms with E-state index >= 15 is 0 Å². The van der Waals surface area contributed by atoms with Crippen LogP contribution < -0.4 is 5.32 Å². The molecule has 5 rings (SSSR count). The van der Waals surface area contributed by atoms with Gasteiger partial charge in [-0.15, -0.1) is 11.3 Å². The third-order valence-electron chi connectivity index (χ3n) is 6.03. The lowest BCUT2D eigenvalue weighted by Crippen LogP contribution is -2.13. The zero-order valence-corrected chi connectivity index (χ0v) is 23.7. The Hall–Kier alpha value is -4.43. The van der Waals surface area contributed by atoms with E-state index in [4.69, 9.17) is 23.2 Å². The Morgan fingerprint density at radius 1 is 1.07 bits per heavy atom. The quantitative estimate of drug-likeness (QED) is 0.146. The number of nitrogens with zero attached hydrogens (tertiary/aromatic N) is 4. The SMILES string of the molecule is N#C/C(=C\c1cn(-c2ccccc2)nc1-c1ccc(Cl)cc1)C(=O)Nc1ncc(Cc2ccc(Cl)c(C(F)(F)F)c2)s1. The van der Waals surface area contributed by atoms with Crippen LogP contribution in [0.15, 0.2) is 90.8 Å². The summed E-state index contributed by atoms with van der Waals surface area (Å²) in [4.78, 5) is 17.8. The number of rotatable bonds is 7. The van der Waals surface area contributed by atoms with Gasteiger partial charge in [0.15, 0.2) is 5.13 Å². The summed E-state index contributed by atoms with van der Waals surface area (Å²) in [5.74, 6) is -0.696. The first kappa shape index (κ1) is 29.1. The van der Waals surface area contributed by atoms with Crippen molar-refractivity contribution < 1.29 is 18.0 Å². The first-order valence-electron chi connectivity index (χ1n) is 12.3. The maximum Gasteiger partial charge on any atom is 0.417 e. The van der Waals surface area contributed by atoms with Crippen molar-refractivity contribution in [3.8, 4) is 23.0 Å². The number of halogens is 5. The van der Waals surface area contributed by atoms with E-state index < -0.39 is 17.6 Å². The van der Waals surface area contributed by atoms with Gasteiger partial charge in [0.05, 0.1) is 22.0 Å². The highest BCUT2D eigenvalue weighted by Gasteiger charge is 2.33. The molecule has 2 heterocycles. The molecule has 0 aliphatic rings. The normalized spacial score (nSPS) is 11.8. The molecule has 1 N–H and O–H groups in total. The van der Waals surface area contributed by atoms with Gasteiger partial charge >= 0.3 is 6.18 Å². The number of aromatic nitrogens is 3. The number of benzene rings is 3. The van der Waals surface area contributed by atoms with Crippen molar-refractivity contribution >= 4 is 51.7 Å². The molecule has 0 radical (unpaired) electrons. The molecule has 0 unspecified atom stereocenters. The number of amides is 1. The largest absolute Gasteiger partial charge is 0.417 e. The van der Waals surface area contributed by atoms with Crippen molar-refractivity contribution in [1.29, 1.82) is 5.26 Å². The fourth-order valence-electron chi connectivity index (χ4n) is 4.05. The smallest absolute Gasteiger partial charge is 0.297 e. The number of carbonyl (C=O) groups excluding carboxylic acids is 1. The zero-order valence-electron chi connectivity index (χ0n) is 21.4. The molecule has 0 saturated carbocycles. The average Bonchev–Trinajstić information content (AvgIpc) is 3.59. The number of para-hydroxylation sites is 1. The van der Waals surface area contributed by atoms with Crippen molar-refractivity contribution in [3.05, 3.63) is 122 Å². The van der Waals surface area contributed by atoms with Crippen molar-refractivity contribution in [2.75, 3.05) is 5.32 Å². The standard InChI is InChI=1S/C30H18Cl2F3N5OS/c31-22-9-7-19(8-10-22)27-21(17-40(39-27)23-4-2-1-3-5-23)14-20(15-36)28(41)38-29-37-16-24(42-29)12-18-6-11-26(32)25(13-18)30(33,34)35/h1-11,13-14,16-17H,12H2,(H,37,38,41)/b20-14+. The van der Waals surface area contributed by atoms with E-state index in [1.54, 1.807) is 35.1 Å². The number of alkyl halides is 3. The molecule has 2 aromatic heterocycles. The summed E-state index contributed by atoms with van der Waals surface area (Å²) >= 11 is 12.9.